The van der Waals surface area contributed by atoms with Crippen molar-refractivity contribution < 1.29 is 9.59 Å². The molecule has 2 rings (SSSR count). The molecular weight excluding hydrogens is 244 g/mol. The van der Waals surface area contributed by atoms with Crippen LogP contribution < -0.4 is 11.1 Å². The Balaban J connectivity index is 1.88. The molecule has 6 heteroatoms. The number of hydrogen-bond donors (Lipinski definition) is 2. The number of nitrogens with zero attached hydrogens (tertiary/aromatic N) is 2. The minimum atomic E-state index is -0.300. The summed E-state index contributed by atoms with van der Waals surface area (Å²) in [6.45, 7) is 6.38. The van der Waals surface area contributed by atoms with Crippen molar-refractivity contribution in [3.05, 3.63) is 0 Å². The topological polar surface area (TPSA) is 78.7 Å². The lowest BCUT2D eigenvalue weighted by Gasteiger charge is -2.26. The molecule has 2 aliphatic heterocycles. The van der Waals surface area contributed by atoms with Gasteiger partial charge in [0.15, 0.2) is 0 Å². The highest BCUT2D eigenvalue weighted by atomic mass is 16.2. The summed E-state index contributed by atoms with van der Waals surface area (Å²) in [5.74, 6) is 0.328. The Bertz CT molecular complexity index is 348. The first-order valence-corrected chi connectivity index (χ1v) is 7.11. The number of carbonyl (C=O) groups excluding carboxylic acids is 2. The molecule has 2 heterocycles. The Morgan fingerprint density at radius 1 is 1.26 bits per heavy atom. The van der Waals surface area contributed by atoms with E-state index in [9.17, 15) is 9.59 Å². The Hall–Kier alpha value is -1.14. The average Bonchev–Trinajstić information content (AvgIpc) is 2.64. The van der Waals surface area contributed by atoms with E-state index in [4.69, 9.17) is 5.73 Å². The van der Waals surface area contributed by atoms with E-state index in [-0.39, 0.29) is 17.9 Å². The van der Waals surface area contributed by atoms with E-state index in [2.05, 4.69) is 12.2 Å². The Labute approximate surface area is 114 Å². The summed E-state index contributed by atoms with van der Waals surface area (Å²) in [5.41, 5.74) is 5.22. The van der Waals surface area contributed by atoms with Crippen LogP contribution in [0.2, 0.25) is 0 Å². The van der Waals surface area contributed by atoms with Gasteiger partial charge in [-0.05, 0) is 25.3 Å². The first-order valence-electron chi connectivity index (χ1n) is 7.11. The minimum Gasteiger partial charge on any atom is -0.369 e. The molecular formula is C13H24N4O2. The van der Waals surface area contributed by atoms with Crippen LogP contribution >= 0.6 is 0 Å². The Morgan fingerprint density at radius 2 is 2.05 bits per heavy atom. The zero-order valence-corrected chi connectivity index (χ0v) is 11.6. The molecule has 0 spiro atoms. The largest absolute Gasteiger partial charge is 0.369 e. The second-order valence-electron chi connectivity index (χ2n) is 5.62. The third kappa shape index (κ3) is 3.67. The van der Waals surface area contributed by atoms with Gasteiger partial charge in [-0.2, -0.15) is 0 Å². The van der Waals surface area contributed by atoms with Crippen LogP contribution in [-0.4, -0.2) is 66.9 Å². The molecule has 2 atom stereocenters. The van der Waals surface area contributed by atoms with E-state index >= 15 is 0 Å². The monoisotopic (exact) mass is 268 g/mol. The zero-order chi connectivity index (χ0) is 13.8. The standard InChI is InChI=1S/C13H24N4O2/c1-10-3-4-15-12(10)13(19)17-6-2-5-16(7-8-17)9-11(14)18/h10,12,15H,2-9H2,1H3,(H2,14,18). The van der Waals surface area contributed by atoms with Gasteiger partial charge < -0.3 is 16.0 Å². The number of nitrogens with one attached hydrogen (secondary N) is 1. The van der Waals surface area contributed by atoms with Crippen molar-refractivity contribution in [2.24, 2.45) is 11.7 Å². The lowest BCUT2D eigenvalue weighted by molar-refractivity contribution is -0.133. The van der Waals surface area contributed by atoms with E-state index in [1.807, 2.05) is 9.80 Å². The van der Waals surface area contributed by atoms with Gasteiger partial charge in [0.05, 0.1) is 12.6 Å². The number of nitrogens with two attached hydrogens (primary N) is 1. The van der Waals surface area contributed by atoms with Gasteiger partial charge in [-0.15, -0.1) is 0 Å². The van der Waals surface area contributed by atoms with Crippen LogP contribution in [0, 0.1) is 5.92 Å². The van der Waals surface area contributed by atoms with E-state index in [1.54, 1.807) is 0 Å². The zero-order valence-electron chi connectivity index (χ0n) is 11.6. The summed E-state index contributed by atoms with van der Waals surface area (Å²) in [6, 6.07) is -0.0253. The molecule has 108 valence electrons. The van der Waals surface area contributed by atoms with Crippen LogP contribution in [0.4, 0.5) is 0 Å². The van der Waals surface area contributed by atoms with Crippen molar-refractivity contribution in [3.63, 3.8) is 0 Å². The lowest BCUT2D eigenvalue weighted by Crippen LogP contribution is -2.47. The van der Waals surface area contributed by atoms with Crippen LogP contribution in [0.5, 0.6) is 0 Å². The Kier molecular flexibility index (Phi) is 4.76. The molecule has 2 saturated heterocycles. The summed E-state index contributed by atoms with van der Waals surface area (Å²) < 4.78 is 0. The van der Waals surface area contributed by atoms with Crippen LogP contribution in [0.15, 0.2) is 0 Å². The van der Waals surface area contributed by atoms with E-state index in [0.29, 0.717) is 19.0 Å². The SMILES string of the molecule is CC1CCNC1C(=O)N1CCCN(CC(N)=O)CC1. The molecule has 19 heavy (non-hydrogen) atoms. The van der Waals surface area contributed by atoms with Crippen molar-refractivity contribution in [2.75, 3.05) is 39.3 Å². The van der Waals surface area contributed by atoms with Gasteiger partial charge in [-0.3, -0.25) is 14.5 Å². The molecule has 2 amide bonds. The average molecular weight is 268 g/mol. The number of primary amides is 1. The van der Waals surface area contributed by atoms with Gasteiger partial charge in [0, 0.05) is 26.2 Å². The fraction of sp³-hybridized carbons (Fsp3) is 0.846. The van der Waals surface area contributed by atoms with Crippen molar-refractivity contribution in [1.82, 2.24) is 15.1 Å². The van der Waals surface area contributed by atoms with Gasteiger partial charge >= 0.3 is 0 Å². The summed E-state index contributed by atoms with van der Waals surface area (Å²) in [4.78, 5) is 27.3. The van der Waals surface area contributed by atoms with Crippen LogP contribution in [0.3, 0.4) is 0 Å². The minimum absolute atomic E-state index is 0.0253. The van der Waals surface area contributed by atoms with Gasteiger partial charge in [0.1, 0.15) is 0 Å². The Morgan fingerprint density at radius 3 is 2.68 bits per heavy atom. The molecule has 0 bridgehead atoms. The number of amides is 2. The first kappa shape index (κ1) is 14.3. The quantitative estimate of drug-likeness (QED) is 0.688. The van der Waals surface area contributed by atoms with Crippen molar-refractivity contribution in [3.8, 4) is 0 Å². The van der Waals surface area contributed by atoms with Gasteiger partial charge in [-0.1, -0.05) is 6.92 Å². The molecule has 0 aromatic carbocycles. The normalized spacial score (nSPS) is 29.2. The number of hydrogen-bond acceptors (Lipinski definition) is 4. The molecule has 0 aromatic heterocycles. The summed E-state index contributed by atoms with van der Waals surface area (Å²) >= 11 is 0. The second kappa shape index (κ2) is 6.34. The van der Waals surface area contributed by atoms with Gasteiger partial charge in [-0.25, -0.2) is 0 Å². The molecule has 3 N–H and O–H groups in total. The third-order valence-corrected chi connectivity index (χ3v) is 4.08. The molecule has 2 aliphatic rings. The highest BCUT2D eigenvalue weighted by Gasteiger charge is 2.33. The summed E-state index contributed by atoms with van der Waals surface area (Å²) in [7, 11) is 0. The predicted octanol–water partition coefficient (Wildman–Crippen LogP) is -0.996. The lowest BCUT2D eigenvalue weighted by atomic mass is 10.0. The van der Waals surface area contributed by atoms with Gasteiger partial charge in [0.2, 0.25) is 11.8 Å². The van der Waals surface area contributed by atoms with Crippen molar-refractivity contribution >= 4 is 11.8 Å². The molecule has 2 unspecified atom stereocenters. The third-order valence-electron chi connectivity index (χ3n) is 4.08. The molecule has 0 radical (unpaired) electrons. The summed E-state index contributed by atoms with van der Waals surface area (Å²) in [5, 5.41) is 3.29. The van der Waals surface area contributed by atoms with E-state index in [0.717, 1.165) is 39.0 Å². The fourth-order valence-electron chi connectivity index (χ4n) is 2.93. The van der Waals surface area contributed by atoms with Crippen molar-refractivity contribution in [1.29, 1.82) is 0 Å². The van der Waals surface area contributed by atoms with Crippen molar-refractivity contribution in [2.45, 2.75) is 25.8 Å². The molecule has 0 saturated carbocycles. The van der Waals surface area contributed by atoms with Crippen LogP contribution in [0.25, 0.3) is 0 Å². The maximum Gasteiger partial charge on any atom is 0.240 e. The second-order valence-corrected chi connectivity index (χ2v) is 5.62. The molecule has 2 fully saturated rings. The fourth-order valence-corrected chi connectivity index (χ4v) is 2.93. The number of rotatable bonds is 3. The predicted molar refractivity (Wildman–Crippen MR) is 72.4 cm³/mol. The molecule has 0 aliphatic carbocycles. The molecule has 0 aromatic rings. The van der Waals surface area contributed by atoms with Crippen LogP contribution in [0.1, 0.15) is 19.8 Å². The smallest absolute Gasteiger partial charge is 0.240 e. The van der Waals surface area contributed by atoms with E-state index in [1.165, 1.54) is 0 Å². The van der Waals surface area contributed by atoms with Gasteiger partial charge in [0.25, 0.3) is 0 Å². The maximum absolute atomic E-state index is 12.4. The molecule has 6 nitrogen and oxygen atoms in total. The first-order chi connectivity index (χ1) is 9.08. The van der Waals surface area contributed by atoms with E-state index < -0.39 is 0 Å². The highest BCUT2D eigenvalue weighted by molar-refractivity contribution is 5.82. The summed E-state index contributed by atoms with van der Waals surface area (Å²) in [6.07, 6.45) is 1.97. The van der Waals surface area contributed by atoms with Crippen LogP contribution in [-0.2, 0) is 9.59 Å². The highest BCUT2D eigenvalue weighted by Crippen LogP contribution is 2.17. The number of carbonyl (C=O) groups is 2. The maximum atomic E-state index is 12.4.